The van der Waals surface area contributed by atoms with E-state index in [1.54, 1.807) is 0 Å². The Morgan fingerprint density at radius 3 is 2.65 bits per heavy atom. The molecular formula is C15H16ClN3O. The van der Waals surface area contributed by atoms with Gasteiger partial charge in [0.15, 0.2) is 0 Å². The van der Waals surface area contributed by atoms with Gasteiger partial charge in [-0.2, -0.15) is 0 Å². The molecule has 1 atom stereocenters. The van der Waals surface area contributed by atoms with Crippen molar-refractivity contribution in [1.82, 2.24) is 10.2 Å². The zero-order valence-electron chi connectivity index (χ0n) is 11.1. The number of hydrogen-bond donors (Lipinski definition) is 1. The van der Waals surface area contributed by atoms with E-state index in [9.17, 15) is 0 Å². The molecule has 20 heavy (non-hydrogen) atoms. The first kappa shape index (κ1) is 13.3. The van der Waals surface area contributed by atoms with Gasteiger partial charge in [0.1, 0.15) is 5.82 Å². The van der Waals surface area contributed by atoms with Crippen LogP contribution >= 0.6 is 11.6 Å². The molecule has 0 spiro atoms. The van der Waals surface area contributed by atoms with Crippen molar-refractivity contribution < 1.29 is 4.74 Å². The highest BCUT2D eigenvalue weighted by atomic mass is 35.5. The van der Waals surface area contributed by atoms with E-state index in [0.717, 1.165) is 48.1 Å². The van der Waals surface area contributed by atoms with E-state index >= 15 is 0 Å². The summed E-state index contributed by atoms with van der Waals surface area (Å²) in [4.78, 5) is 0. The Morgan fingerprint density at radius 1 is 1.15 bits per heavy atom. The quantitative estimate of drug-likeness (QED) is 0.937. The molecule has 0 aliphatic carbocycles. The molecule has 4 nitrogen and oxygen atoms in total. The molecule has 5 heteroatoms. The standard InChI is InChI=1S/C15H16ClN3O/c16-12-5-3-11(4-6-12)14-7-8-15(19-18-14)17-10-13-2-1-9-20-13/h3-8,13H,1-2,9-10H2,(H,17,19)/t13-/m0/s1. The van der Waals surface area contributed by atoms with Crippen LogP contribution in [-0.4, -0.2) is 29.5 Å². The third kappa shape index (κ3) is 3.26. The largest absolute Gasteiger partial charge is 0.376 e. The summed E-state index contributed by atoms with van der Waals surface area (Å²) in [6.07, 6.45) is 2.56. The van der Waals surface area contributed by atoms with E-state index in [4.69, 9.17) is 16.3 Å². The second kappa shape index (κ2) is 6.20. The summed E-state index contributed by atoms with van der Waals surface area (Å²) in [7, 11) is 0. The van der Waals surface area contributed by atoms with E-state index < -0.39 is 0 Å². The zero-order chi connectivity index (χ0) is 13.8. The summed E-state index contributed by atoms with van der Waals surface area (Å²) < 4.78 is 5.56. The Hall–Kier alpha value is -1.65. The summed E-state index contributed by atoms with van der Waals surface area (Å²) in [6, 6.07) is 11.5. The molecule has 104 valence electrons. The summed E-state index contributed by atoms with van der Waals surface area (Å²) >= 11 is 5.87. The number of halogens is 1. The number of benzene rings is 1. The Kier molecular flexibility index (Phi) is 4.14. The van der Waals surface area contributed by atoms with Crippen LogP contribution in [0, 0.1) is 0 Å². The van der Waals surface area contributed by atoms with Crippen molar-refractivity contribution in [1.29, 1.82) is 0 Å². The summed E-state index contributed by atoms with van der Waals surface area (Å²) in [5.74, 6) is 0.776. The average Bonchev–Trinajstić information content (AvgIpc) is 3.00. The number of aromatic nitrogens is 2. The third-order valence-electron chi connectivity index (χ3n) is 3.34. The van der Waals surface area contributed by atoms with Gasteiger partial charge in [0.2, 0.25) is 0 Å². The molecule has 1 aliphatic rings. The molecule has 1 saturated heterocycles. The first-order chi connectivity index (χ1) is 9.81. The Bertz CT molecular complexity index is 550. The monoisotopic (exact) mass is 289 g/mol. The second-order valence-corrected chi connectivity index (χ2v) is 5.26. The van der Waals surface area contributed by atoms with Gasteiger partial charge in [-0.15, -0.1) is 10.2 Å². The average molecular weight is 290 g/mol. The van der Waals surface area contributed by atoms with Crippen LogP contribution in [0.3, 0.4) is 0 Å². The lowest BCUT2D eigenvalue weighted by atomic mass is 10.1. The number of nitrogens with one attached hydrogen (secondary N) is 1. The number of nitrogens with zero attached hydrogens (tertiary/aromatic N) is 2. The van der Waals surface area contributed by atoms with Crippen LogP contribution in [0.2, 0.25) is 5.02 Å². The van der Waals surface area contributed by atoms with Crippen molar-refractivity contribution in [2.45, 2.75) is 18.9 Å². The lowest BCUT2D eigenvalue weighted by Crippen LogP contribution is -2.19. The SMILES string of the molecule is Clc1ccc(-c2ccc(NC[C@@H]3CCCO3)nn2)cc1. The predicted molar refractivity (Wildman–Crippen MR) is 79.9 cm³/mol. The number of rotatable bonds is 4. The summed E-state index contributed by atoms with van der Waals surface area (Å²) in [5.41, 5.74) is 1.84. The zero-order valence-corrected chi connectivity index (χ0v) is 11.8. The summed E-state index contributed by atoms with van der Waals surface area (Å²) in [6.45, 7) is 1.66. The first-order valence-electron chi connectivity index (χ1n) is 6.76. The van der Waals surface area contributed by atoms with Crippen LogP contribution in [0.5, 0.6) is 0 Å². The van der Waals surface area contributed by atoms with Gasteiger partial charge in [-0.1, -0.05) is 23.7 Å². The maximum Gasteiger partial charge on any atom is 0.148 e. The Labute approximate surface area is 123 Å². The van der Waals surface area contributed by atoms with Gasteiger partial charge in [-0.25, -0.2) is 0 Å². The van der Waals surface area contributed by atoms with Gasteiger partial charge in [0, 0.05) is 23.7 Å². The van der Waals surface area contributed by atoms with E-state index in [0.29, 0.717) is 6.10 Å². The lowest BCUT2D eigenvalue weighted by molar-refractivity contribution is 0.120. The highest BCUT2D eigenvalue weighted by molar-refractivity contribution is 6.30. The number of hydrogen-bond acceptors (Lipinski definition) is 4. The molecule has 2 heterocycles. The van der Waals surface area contributed by atoms with Crippen LogP contribution < -0.4 is 5.32 Å². The van der Waals surface area contributed by atoms with Crippen LogP contribution in [0.4, 0.5) is 5.82 Å². The first-order valence-corrected chi connectivity index (χ1v) is 7.14. The third-order valence-corrected chi connectivity index (χ3v) is 3.59. The lowest BCUT2D eigenvalue weighted by Gasteiger charge is -2.10. The van der Waals surface area contributed by atoms with Crippen molar-refractivity contribution in [3.8, 4) is 11.3 Å². The van der Waals surface area contributed by atoms with Gasteiger partial charge < -0.3 is 10.1 Å². The van der Waals surface area contributed by atoms with Gasteiger partial charge in [-0.3, -0.25) is 0 Å². The second-order valence-electron chi connectivity index (χ2n) is 4.83. The molecule has 2 aromatic rings. The fourth-order valence-electron chi connectivity index (χ4n) is 2.22. The van der Waals surface area contributed by atoms with Crippen LogP contribution in [-0.2, 0) is 4.74 Å². The predicted octanol–water partition coefficient (Wildman–Crippen LogP) is 3.39. The van der Waals surface area contributed by atoms with E-state index in [2.05, 4.69) is 15.5 Å². The van der Waals surface area contributed by atoms with Gasteiger partial charge in [0.25, 0.3) is 0 Å². The van der Waals surface area contributed by atoms with E-state index in [1.807, 2.05) is 36.4 Å². The minimum atomic E-state index is 0.299. The van der Waals surface area contributed by atoms with Gasteiger partial charge in [0.05, 0.1) is 11.8 Å². The highest BCUT2D eigenvalue weighted by Gasteiger charge is 2.15. The number of ether oxygens (including phenoxy) is 1. The molecule has 1 aromatic carbocycles. The molecule has 1 aliphatic heterocycles. The van der Waals surface area contributed by atoms with Crippen molar-refractivity contribution in [3.63, 3.8) is 0 Å². The van der Waals surface area contributed by atoms with Crippen molar-refractivity contribution in [2.75, 3.05) is 18.5 Å². The highest BCUT2D eigenvalue weighted by Crippen LogP contribution is 2.20. The normalized spacial score (nSPS) is 18.1. The molecule has 0 bridgehead atoms. The van der Waals surface area contributed by atoms with Crippen LogP contribution in [0.25, 0.3) is 11.3 Å². The van der Waals surface area contributed by atoms with Crippen molar-refractivity contribution in [2.24, 2.45) is 0 Å². The molecule has 0 unspecified atom stereocenters. The minimum Gasteiger partial charge on any atom is -0.376 e. The maximum absolute atomic E-state index is 5.87. The van der Waals surface area contributed by atoms with Gasteiger partial charge in [-0.05, 0) is 37.1 Å². The van der Waals surface area contributed by atoms with Crippen LogP contribution in [0.15, 0.2) is 36.4 Å². The molecule has 1 fully saturated rings. The number of anilines is 1. The fraction of sp³-hybridized carbons (Fsp3) is 0.333. The maximum atomic E-state index is 5.87. The van der Waals surface area contributed by atoms with Crippen molar-refractivity contribution in [3.05, 3.63) is 41.4 Å². The molecule has 1 N–H and O–H groups in total. The summed E-state index contributed by atoms with van der Waals surface area (Å²) in [5, 5.41) is 12.4. The molecular weight excluding hydrogens is 274 g/mol. The smallest absolute Gasteiger partial charge is 0.148 e. The molecule has 3 rings (SSSR count). The van der Waals surface area contributed by atoms with Gasteiger partial charge >= 0.3 is 0 Å². The topological polar surface area (TPSA) is 47.0 Å². The van der Waals surface area contributed by atoms with Crippen molar-refractivity contribution >= 4 is 17.4 Å². The molecule has 0 saturated carbocycles. The minimum absolute atomic E-state index is 0.299. The molecule has 0 radical (unpaired) electrons. The van der Waals surface area contributed by atoms with Crippen LogP contribution in [0.1, 0.15) is 12.8 Å². The molecule has 0 amide bonds. The fourth-order valence-corrected chi connectivity index (χ4v) is 2.35. The Morgan fingerprint density at radius 2 is 2.00 bits per heavy atom. The van der Waals surface area contributed by atoms with E-state index in [-0.39, 0.29) is 0 Å². The molecule has 1 aromatic heterocycles. The Balaban J connectivity index is 1.63. The van der Waals surface area contributed by atoms with E-state index in [1.165, 1.54) is 0 Å².